The number of hydrogen-bond donors (Lipinski definition) is 1. The maximum Gasteiger partial charge on any atom is 0.409 e. The van der Waals surface area contributed by atoms with Crippen LogP contribution in [0.5, 0.6) is 0 Å². The zero-order chi connectivity index (χ0) is 17.4. The van der Waals surface area contributed by atoms with Crippen molar-refractivity contribution in [2.45, 2.75) is 19.8 Å². The topological polar surface area (TPSA) is 92.1 Å². The first kappa shape index (κ1) is 17.8. The number of rotatable bonds is 6. The highest BCUT2D eigenvalue weighted by atomic mass is 16.6. The van der Waals surface area contributed by atoms with E-state index in [1.807, 2.05) is 6.07 Å². The molecule has 1 aromatic rings. The number of nitrogens with zero attached hydrogens (tertiary/aromatic N) is 2. The molecule has 0 spiro atoms. The number of carbonyl (C=O) groups excluding carboxylic acids is 3. The van der Waals surface area contributed by atoms with Crippen LogP contribution in [0.25, 0.3) is 0 Å². The van der Waals surface area contributed by atoms with Crippen molar-refractivity contribution in [2.24, 2.45) is 0 Å². The zero-order valence-electron chi connectivity index (χ0n) is 13.8. The maximum atomic E-state index is 12.1. The van der Waals surface area contributed by atoms with Gasteiger partial charge in [-0.2, -0.15) is 0 Å². The quantitative estimate of drug-likeness (QED) is 0.822. The first-order valence-corrected chi connectivity index (χ1v) is 8.08. The Labute approximate surface area is 140 Å². The Morgan fingerprint density at radius 1 is 1.21 bits per heavy atom. The molecule has 1 N–H and O–H groups in total. The lowest BCUT2D eigenvalue weighted by Gasteiger charge is -2.34. The molecule has 8 nitrogen and oxygen atoms in total. The fourth-order valence-electron chi connectivity index (χ4n) is 2.42. The number of hydrogen-bond acceptors (Lipinski definition) is 5. The molecule has 3 amide bonds. The van der Waals surface area contributed by atoms with E-state index in [9.17, 15) is 14.4 Å². The summed E-state index contributed by atoms with van der Waals surface area (Å²) in [6.45, 7) is 3.83. The number of aryl methyl sites for hydroxylation is 1. The molecule has 0 atom stereocenters. The van der Waals surface area contributed by atoms with Gasteiger partial charge < -0.3 is 24.3 Å². The molecule has 0 aromatic carbocycles. The third-order valence-corrected chi connectivity index (χ3v) is 3.77. The molecule has 2 heterocycles. The summed E-state index contributed by atoms with van der Waals surface area (Å²) >= 11 is 0. The van der Waals surface area contributed by atoms with Crippen molar-refractivity contribution in [3.8, 4) is 0 Å². The Morgan fingerprint density at radius 3 is 2.54 bits per heavy atom. The summed E-state index contributed by atoms with van der Waals surface area (Å²) in [5, 5.41) is 2.62. The maximum absolute atomic E-state index is 12.1. The van der Waals surface area contributed by atoms with Gasteiger partial charge in [-0.05, 0) is 19.1 Å². The molecule has 132 valence electrons. The van der Waals surface area contributed by atoms with Gasteiger partial charge in [0, 0.05) is 39.0 Å². The van der Waals surface area contributed by atoms with Crippen molar-refractivity contribution in [1.82, 2.24) is 15.1 Å². The number of carbonyl (C=O) groups is 3. The molecule has 1 aliphatic heterocycles. The lowest BCUT2D eigenvalue weighted by Crippen LogP contribution is -2.52. The normalized spacial score (nSPS) is 14.4. The van der Waals surface area contributed by atoms with Gasteiger partial charge in [-0.25, -0.2) is 4.79 Å². The molecule has 0 bridgehead atoms. The van der Waals surface area contributed by atoms with Crippen LogP contribution in [0.4, 0.5) is 4.79 Å². The molecule has 0 radical (unpaired) electrons. The van der Waals surface area contributed by atoms with Crippen LogP contribution in [0.1, 0.15) is 19.1 Å². The van der Waals surface area contributed by atoms with E-state index in [0.29, 0.717) is 39.2 Å². The van der Waals surface area contributed by atoms with Gasteiger partial charge in [0.15, 0.2) is 0 Å². The van der Waals surface area contributed by atoms with Crippen LogP contribution in [-0.4, -0.2) is 67.0 Å². The summed E-state index contributed by atoms with van der Waals surface area (Å²) in [7, 11) is 0. The van der Waals surface area contributed by atoms with Crippen LogP contribution in [0.15, 0.2) is 22.8 Å². The highest BCUT2D eigenvalue weighted by molar-refractivity contribution is 5.85. The van der Waals surface area contributed by atoms with Crippen LogP contribution in [0.3, 0.4) is 0 Å². The van der Waals surface area contributed by atoms with Gasteiger partial charge in [0.05, 0.1) is 19.4 Å². The molecule has 0 saturated carbocycles. The number of ether oxygens (including phenoxy) is 1. The molecule has 0 unspecified atom stereocenters. The fraction of sp³-hybridized carbons (Fsp3) is 0.562. The van der Waals surface area contributed by atoms with Crippen molar-refractivity contribution in [2.75, 3.05) is 39.3 Å². The molecule has 8 heteroatoms. The first-order chi connectivity index (χ1) is 11.6. The molecule has 1 saturated heterocycles. The van der Waals surface area contributed by atoms with Crippen LogP contribution < -0.4 is 5.32 Å². The molecule has 24 heavy (non-hydrogen) atoms. The second-order valence-electron chi connectivity index (χ2n) is 5.42. The predicted octanol–water partition coefficient (Wildman–Crippen LogP) is 0.629. The first-order valence-electron chi connectivity index (χ1n) is 8.08. The SMILES string of the molecule is CCOC(=O)N1CCN(C(=O)CNC(=O)CCc2ccco2)CC1. The van der Waals surface area contributed by atoms with Gasteiger partial charge >= 0.3 is 6.09 Å². The average Bonchev–Trinajstić information content (AvgIpc) is 3.11. The van der Waals surface area contributed by atoms with Gasteiger partial charge in [0.25, 0.3) is 0 Å². The lowest BCUT2D eigenvalue weighted by molar-refractivity contribution is -0.134. The van der Waals surface area contributed by atoms with Crippen LogP contribution in [0, 0.1) is 0 Å². The van der Waals surface area contributed by atoms with Crippen molar-refractivity contribution in [3.05, 3.63) is 24.2 Å². The zero-order valence-corrected chi connectivity index (χ0v) is 13.8. The molecule has 1 aromatic heterocycles. The fourth-order valence-corrected chi connectivity index (χ4v) is 2.42. The van der Waals surface area contributed by atoms with E-state index in [1.54, 1.807) is 29.1 Å². The van der Waals surface area contributed by atoms with E-state index in [-0.39, 0.29) is 30.9 Å². The number of amides is 3. The third kappa shape index (κ3) is 5.29. The van der Waals surface area contributed by atoms with E-state index < -0.39 is 0 Å². The van der Waals surface area contributed by atoms with E-state index in [0.717, 1.165) is 5.76 Å². The highest BCUT2D eigenvalue weighted by Crippen LogP contribution is 2.05. The minimum absolute atomic E-state index is 0.0314. The van der Waals surface area contributed by atoms with E-state index >= 15 is 0 Å². The smallest absolute Gasteiger partial charge is 0.409 e. The van der Waals surface area contributed by atoms with Crippen LogP contribution in [-0.2, 0) is 20.7 Å². The Bertz CT molecular complexity index is 550. The van der Waals surface area contributed by atoms with Crippen molar-refractivity contribution in [3.63, 3.8) is 0 Å². The Balaban J connectivity index is 1.64. The molecule has 2 rings (SSSR count). The van der Waals surface area contributed by atoms with Crippen molar-refractivity contribution >= 4 is 17.9 Å². The van der Waals surface area contributed by atoms with Gasteiger partial charge in [0.1, 0.15) is 5.76 Å². The summed E-state index contributed by atoms with van der Waals surface area (Å²) in [5.74, 6) is 0.404. The predicted molar refractivity (Wildman–Crippen MR) is 85.2 cm³/mol. The second kappa shape index (κ2) is 8.95. The van der Waals surface area contributed by atoms with Gasteiger partial charge in [0.2, 0.25) is 11.8 Å². The monoisotopic (exact) mass is 337 g/mol. The number of piperazine rings is 1. The molecule has 1 fully saturated rings. The third-order valence-electron chi connectivity index (χ3n) is 3.77. The Kier molecular flexibility index (Phi) is 6.65. The number of nitrogens with one attached hydrogen (secondary N) is 1. The Morgan fingerprint density at radius 2 is 1.92 bits per heavy atom. The average molecular weight is 337 g/mol. The van der Waals surface area contributed by atoms with Crippen molar-refractivity contribution < 1.29 is 23.5 Å². The molecule has 0 aliphatic carbocycles. The van der Waals surface area contributed by atoms with Gasteiger partial charge in [-0.15, -0.1) is 0 Å². The standard InChI is InChI=1S/C16H23N3O5/c1-2-23-16(22)19-9-7-18(8-10-19)15(21)12-17-14(20)6-5-13-4-3-11-24-13/h3-4,11H,2,5-10,12H2,1H3,(H,17,20). The minimum atomic E-state index is -0.351. The summed E-state index contributed by atoms with van der Waals surface area (Å²) in [6, 6.07) is 3.58. The van der Waals surface area contributed by atoms with E-state index in [1.165, 1.54) is 0 Å². The minimum Gasteiger partial charge on any atom is -0.469 e. The molecular weight excluding hydrogens is 314 g/mol. The Hall–Kier alpha value is -2.51. The van der Waals surface area contributed by atoms with Crippen LogP contribution in [0.2, 0.25) is 0 Å². The van der Waals surface area contributed by atoms with Gasteiger partial charge in [-0.3, -0.25) is 9.59 Å². The summed E-state index contributed by atoms with van der Waals surface area (Å²) in [4.78, 5) is 38.7. The van der Waals surface area contributed by atoms with E-state index in [4.69, 9.17) is 9.15 Å². The summed E-state index contributed by atoms with van der Waals surface area (Å²) in [5.41, 5.74) is 0. The largest absolute Gasteiger partial charge is 0.469 e. The van der Waals surface area contributed by atoms with Crippen molar-refractivity contribution in [1.29, 1.82) is 0 Å². The lowest BCUT2D eigenvalue weighted by atomic mass is 10.2. The highest BCUT2D eigenvalue weighted by Gasteiger charge is 2.24. The second-order valence-corrected chi connectivity index (χ2v) is 5.42. The van der Waals surface area contributed by atoms with Crippen LogP contribution >= 0.6 is 0 Å². The van der Waals surface area contributed by atoms with Gasteiger partial charge in [-0.1, -0.05) is 0 Å². The summed E-state index contributed by atoms with van der Waals surface area (Å²) < 4.78 is 10.1. The summed E-state index contributed by atoms with van der Waals surface area (Å²) in [6.07, 6.45) is 1.99. The molecule has 1 aliphatic rings. The number of furan rings is 1. The molecular formula is C16H23N3O5. The van der Waals surface area contributed by atoms with E-state index in [2.05, 4.69) is 5.32 Å².